The maximum absolute atomic E-state index is 13.4. The van der Waals surface area contributed by atoms with E-state index in [1.165, 1.54) is 23.5 Å². The Morgan fingerprint density at radius 2 is 2.24 bits per heavy atom. The molecule has 3 N–H and O–H groups in total. The van der Waals surface area contributed by atoms with Crippen molar-refractivity contribution < 1.29 is 12.8 Å². The number of benzene rings is 1. The summed E-state index contributed by atoms with van der Waals surface area (Å²) in [5.74, 6) is -0.511. The summed E-state index contributed by atoms with van der Waals surface area (Å²) >= 11 is 1.38. The number of hydrogen-bond acceptors (Lipinski definition) is 5. The molecule has 0 saturated heterocycles. The van der Waals surface area contributed by atoms with Gasteiger partial charge in [-0.15, -0.1) is 11.3 Å². The van der Waals surface area contributed by atoms with Crippen LogP contribution in [0.4, 0.5) is 4.39 Å². The normalized spacial score (nSPS) is 13.3. The van der Waals surface area contributed by atoms with Crippen molar-refractivity contribution in [3.8, 4) is 0 Å². The second-order valence-corrected chi connectivity index (χ2v) is 7.05. The van der Waals surface area contributed by atoms with Gasteiger partial charge >= 0.3 is 0 Å². The van der Waals surface area contributed by atoms with Crippen LogP contribution in [0, 0.1) is 5.82 Å². The van der Waals surface area contributed by atoms with Crippen molar-refractivity contribution in [3.63, 3.8) is 0 Å². The highest BCUT2D eigenvalue weighted by Crippen LogP contribution is 2.22. The summed E-state index contributed by atoms with van der Waals surface area (Å²) in [5, 5.41) is 2.48. The van der Waals surface area contributed by atoms with Gasteiger partial charge in [-0.1, -0.05) is 6.92 Å². The van der Waals surface area contributed by atoms with E-state index in [1.807, 2.05) is 6.92 Å². The molecule has 1 atom stereocenters. The summed E-state index contributed by atoms with van der Waals surface area (Å²) < 4.78 is 40.8. The molecule has 1 heterocycles. The molecule has 0 aliphatic heterocycles. The quantitative estimate of drug-likeness (QED) is 0.850. The number of nitrogens with one attached hydrogen (secondary N) is 1. The van der Waals surface area contributed by atoms with Gasteiger partial charge in [-0.05, 0) is 24.6 Å². The molecule has 114 valence electrons. The van der Waals surface area contributed by atoms with Gasteiger partial charge in [0, 0.05) is 23.7 Å². The molecule has 0 saturated carbocycles. The molecule has 0 bridgehead atoms. The predicted molar refractivity (Wildman–Crippen MR) is 79.8 cm³/mol. The van der Waals surface area contributed by atoms with Gasteiger partial charge in [-0.25, -0.2) is 22.5 Å². The molecule has 0 spiro atoms. The van der Waals surface area contributed by atoms with E-state index in [9.17, 15) is 12.8 Å². The zero-order valence-corrected chi connectivity index (χ0v) is 13.0. The summed E-state index contributed by atoms with van der Waals surface area (Å²) in [6.45, 7) is 1.81. The van der Waals surface area contributed by atoms with Crippen LogP contribution in [0.5, 0.6) is 0 Å². The van der Waals surface area contributed by atoms with Gasteiger partial charge in [0.15, 0.2) is 0 Å². The number of nitrogens with zero attached hydrogens (tertiary/aromatic N) is 1. The van der Waals surface area contributed by atoms with Crippen molar-refractivity contribution in [1.82, 2.24) is 9.71 Å². The van der Waals surface area contributed by atoms with E-state index >= 15 is 0 Å². The van der Waals surface area contributed by atoms with Crippen LogP contribution < -0.4 is 10.5 Å². The van der Waals surface area contributed by atoms with E-state index in [2.05, 4.69) is 9.71 Å². The van der Waals surface area contributed by atoms with Crippen LogP contribution in [0.15, 0.2) is 34.7 Å². The number of aromatic nitrogens is 1. The number of hydrogen-bond donors (Lipinski definition) is 2. The van der Waals surface area contributed by atoms with Gasteiger partial charge in [0.05, 0.1) is 10.9 Å². The Balaban J connectivity index is 2.29. The molecule has 1 aromatic carbocycles. The van der Waals surface area contributed by atoms with Crippen LogP contribution in [0.2, 0.25) is 0 Å². The van der Waals surface area contributed by atoms with Gasteiger partial charge in [0.25, 0.3) is 0 Å². The lowest BCUT2D eigenvalue weighted by molar-refractivity contribution is 0.548. The van der Waals surface area contributed by atoms with Crippen molar-refractivity contribution >= 4 is 21.4 Å². The molecule has 1 unspecified atom stereocenters. The first-order valence-corrected chi connectivity index (χ1v) is 8.74. The van der Waals surface area contributed by atoms with Crippen LogP contribution in [-0.2, 0) is 16.6 Å². The Kier molecular flexibility index (Phi) is 5.04. The minimum atomic E-state index is -3.75. The Morgan fingerprint density at radius 3 is 2.81 bits per heavy atom. The Hall–Kier alpha value is -1.35. The highest BCUT2D eigenvalue weighted by molar-refractivity contribution is 7.89. The molecule has 5 nitrogen and oxygen atoms in total. The molecule has 8 heteroatoms. The first-order chi connectivity index (χ1) is 9.97. The second-order valence-electron chi connectivity index (χ2n) is 4.41. The minimum Gasteiger partial charge on any atom is -0.326 e. The van der Waals surface area contributed by atoms with E-state index in [4.69, 9.17) is 5.73 Å². The Bertz CT molecular complexity index is 702. The van der Waals surface area contributed by atoms with Gasteiger partial charge in [0.1, 0.15) is 10.8 Å². The fraction of sp³-hybridized carbons (Fsp3) is 0.308. The molecule has 1 aromatic heterocycles. The predicted octanol–water partition coefficient (Wildman–Crippen LogP) is 2.17. The largest absolute Gasteiger partial charge is 0.326 e. The van der Waals surface area contributed by atoms with Crippen LogP contribution >= 0.6 is 11.3 Å². The van der Waals surface area contributed by atoms with Crippen molar-refractivity contribution in [3.05, 3.63) is 46.2 Å². The maximum Gasteiger partial charge on any atom is 0.241 e. The Morgan fingerprint density at radius 1 is 1.48 bits per heavy atom. The van der Waals surface area contributed by atoms with Gasteiger partial charge in [-0.3, -0.25) is 0 Å². The molecule has 0 radical (unpaired) electrons. The summed E-state index contributed by atoms with van der Waals surface area (Å²) in [4.78, 5) is 4.12. The van der Waals surface area contributed by atoms with E-state index < -0.39 is 21.9 Å². The number of thiazole rings is 1. The first kappa shape index (κ1) is 16.0. The van der Waals surface area contributed by atoms with Crippen LogP contribution in [0.25, 0.3) is 0 Å². The third kappa shape index (κ3) is 3.65. The standard InChI is InChI=1S/C13H16FN3O2S2/c1-2-12(13-16-5-6-20-13)17-21(18,19)10-3-4-11(14)9(7-10)8-15/h3-7,12,17H,2,8,15H2,1H3. The number of nitrogens with two attached hydrogens (primary N) is 1. The molecule has 0 fully saturated rings. The van der Waals surface area contributed by atoms with E-state index in [0.717, 1.165) is 6.07 Å². The minimum absolute atomic E-state index is 0.000596. The lowest BCUT2D eigenvalue weighted by Crippen LogP contribution is -2.28. The number of sulfonamides is 1. The number of halogens is 1. The zero-order chi connectivity index (χ0) is 15.5. The molecule has 0 amide bonds. The average Bonchev–Trinajstić information content (AvgIpc) is 2.99. The average molecular weight is 329 g/mol. The van der Waals surface area contributed by atoms with Crippen molar-refractivity contribution in [1.29, 1.82) is 0 Å². The molecular weight excluding hydrogens is 313 g/mol. The van der Waals surface area contributed by atoms with E-state index in [0.29, 0.717) is 11.4 Å². The monoisotopic (exact) mass is 329 g/mol. The lowest BCUT2D eigenvalue weighted by Gasteiger charge is -2.15. The molecular formula is C13H16FN3O2S2. The zero-order valence-electron chi connectivity index (χ0n) is 11.4. The third-order valence-electron chi connectivity index (χ3n) is 3.00. The van der Waals surface area contributed by atoms with Gasteiger partial charge < -0.3 is 5.73 Å². The maximum atomic E-state index is 13.4. The summed E-state index contributed by atoms with van der Waals surface area (Å²) in [5.41, 5.74) is 5.57. The summed E-state index contributed by atoms with van der Waals surface area (Å²) in [6.07, 6.45) is 2.19. The second kappa shape index (κ2) is 6.61. The van der Waals surface area contributed by atoms with Gasteiger partial charge in [0.2, 0.25) is 10.0 Å². The van der Waals surface area contributed by atoms with Crippen molar-refractivity contribution in [2.75, 3.05) is 0 Å². The molecule has 0 aliphatic carbocycles. The molecule has 2 aromatic rings. The molecule has 2 rings (SSSR count). The fourth-order valence-electron chi connectivity index (χ4n) is 1.84. The highest BCUT2D eigenvalue weighted by atomic mass is 32.2. The van der Waals surface area contributed by atoms with E-state index in [1.54, 1.807) is 11.6 Å². The molecule has 0 aliphatic rings. The summed E-state index contributed by atoms with van der Waals surface area (Å²) in [6, 6.07) is 3.19. The van der Waals surface area contributed by atoms with E-state index in [-0.39, 0.29) is 17.0 Å². The Labute approximate surface area is 127 Å². The van der Waals surface area contributed by atoms with Crippen LogP contribution in [0.1, 0.15) is 30.0 Å². The van der Waals surface area contributed by atoms with Crippen LogP contribution in [-0.4, -0.2) is 13.4 Å². The third-order valence-corrected chi connectivity index (χ3v) is 5.36. The van der Waals surface area contributed by atoms with Crippen LogP contribution in [0.3, 0.4) is 0 Å². The topological polar surface area (TPSA) is 85.1 Å². The SMILES string of the molecule is CCC(NS(=O)(=O)c1ccc(F)c(CN)c1)c1nccs1. The molecule has 21 heavy (non-hydrogen) atoms. The van der Waals surface area contributed by atoms with Crippen molar-refractivity contribution in [2.45, 2.75) is 30.8 Å². The lowest BCUT2D eigenvalue weighted by atomic mass is 10.2. The van der Waals surface area contributed by atoms with Crippen molar-refractivity contribution in [2.24, 2.45) is 5.73 Å². The first-order valence-electron chi connectivity index (χ1n) is 6.38. The fourth-order valence-corrected chi connectivity index (χ4v) is 4.03. The van der Waals surface area contributed by atoms with Gasteiger partial charge in [-0.2, -0.15) is 0 Å². The smallest absolute Gasteiger partial charge is 0.241 e. The highest BCUT2D eigenvalue weighted by Gasteiger charge is 2.22. The number of rotatable bonds is 6. The summed E-state index contributed by atoms with van der Waals surface area (Å²) in [7, 11) is -3.75.